The molecule has 2 unspecified atom stereocenters. The molecule has 1 aromatic rings. The minimum atomic E-state index is -0.885. The van der Waals surface area contributed by atoms with Crippen LogP contribution >= 0.6 is 11.8 Å². The van der Waals surface area contributed by atoms with Gasteiger partial charge < -0.3 is 5.11 Å². The summed E-state index contributed by atoms with van der Waals surface area (Å²) in [5, 5.41) is 9.21. The fourth-order valence-corrected chi connectivity index (χ4v) is 2.83. The second kappa shape index (κ2) is 6.06. The van der Waals surface area contributed by atoms with Gasteiger partial charge in [-0.05, 0) is 31.2 Å². The minimum Gasteiger partial charge on any atom is -0.481 e. The van der Waals surface area contributed by atoms with Crippen molar-refractivity contribution in [3.05, 3.63) is 42.0 Å². The number of thioether (sulfide) groups is 1. The molecule has 1 aliphatic rings. The first-order chi connectivity index (χ1) is 9.13. The number of allylic oxidation sites excluding steroid dienone is 2. The molecule has 1 aliphatic carbocycles. The predicted octanol–water partition coefficient (Wildman–Crippen LogP) is 3.26. The number of carboxylic acid groups (broad SMARTS) is 1. The molecule has 4 heteroatoms. The number of benzene rings is 1. The summed E-state index contributed by atoms with van der Waals surface area (Å²) in [6, 6.07) is 7.38. The van der Waals surface area contributed by atoms with E-state index < -0.39 is 17.8 Å². The summed E-state index contributed by atoms with van der Waals surface area (Å²) in [5.74, 6) is -1.99. The molecule has 2 atom stereocenters. The lowest BCUT2D eigenvalue weighted by Gasteiger charge is -2.24. The van der Waals surface area contributed by atoms with Crippen molar-refractivity contribution >= 4 is 23.5 Å². The molecule has 2 rings (SSSR count). The van der Waals surface area contributed by atoms with Gasteiger partial charge in [-0.15, -0.1) is 11.8 Å². The number of hydrogen-bond acceptors (Lipinski definition) is 3. The molecule has 19 heavy (non-hydrogen) atoms. The van der Waals surface area contributed by atoms with Gasteiger partial charge in [-0.2, -0.15) is 0 Å². The van der Waals surface area contributed by atoms with Crippen LogP contribution in [-0.2, 0) is 4.79 Å². The van der Waals surface area contributed by atoms with Crippen LogP contribution in [0.5, 0.6) is 0 Å². The first kappa shape index (κ1) is 13.9. The average molecular weight is 276 g/mol. The number of carbonyl (C=O) groups is 2. The van der Waals surface area contributed by atoms with Crippen molar-refractivity contribution in [2.45, 2.75) is 17.7 Å². The Labute approximate surface area is 116 Å². The molecule has 1 N–H and O–H groups in total. The largest absolute Gasteiger partial charge is 0.481 e. The summed E-state index contributed by atoms with van der Waals surface area (Å²) in [5.41, 5.74) is 0.610. The molecule has 0 fully saturated rings. The van der Waals surface area contributed by atoms with E-state index in [9.17, 15) is 14.7 Å². The smallest absolute Gasteiger partial charge is 0.307 e. The summed E-state index contributed by atoms with van der Waals surface area (Å²) in [7, 11) is 0. The summed E-state index contributed by atoms with van der Waals surface area (Å²) in [6.07, 6.45) is 6.65. The number of Topliss-reactive ketones (excluding diaryl/α,β-unsaturated/α-hetero) is 1. The third-order valence-electron chi connectivity index (χ3n) is 3.44. The zero-order valence-electron chi connectivity index (χ0n) is 10.7. The summed E-state index contributed by atoms with van der Waals surface area (Å²) in [4.78, 5) is 24.7. The van der Waals surface area contributed by atoms with Gasteiger partial charge in [0.25, 0.3) is 0 Å². The molecule has 0 radical (unpaired) electrons. The van der Waals surface area contributed by atoms with E-state index in [4.69, 9.17) is 0 Å². The van der Waals surface area contributed by atoms with Gasteiger partial charge >= 0.3 is 5.97 Å². The van der Waals surface area contributed by atoms with Crippen molar-refractivity contribution < 1.29 is 14.7 Å². The zero-order valence-corrected chi connectivity index (χ0v) is 11.5. The quantitative estimate of drug-likeness (QED) is 0.521. The highest BCUT2D eigenvalue weighted by molar-refractivity contribution is 7.98. The van der Waals surface area contributed by atoms with E-state index in [2.05, 4.69) is 0 Å². The van der Waals surface area contributed by atoms with E-state index in [1.807, 2.05) is 36.6 Å². The number of carboxylic acids is 1. The van der Waals surface area contributed by atoms with Gasteiger partial charge in [0.05, 0.1) is 5.92 Å². The Balaban J connectivity index is 2.26. The number of rotatable bonds is 4. The monoisotopic (exact) mass is 276 g/mol. The molecule has 0 aromatic heterocycles. The maximum absolute atomic E-state index is 12.5. The summed E-state index contributed by atoms with van der Waals surface area (Å²) in [6.45, 7) is 0. The van der Waals surface area contributed by atoms with Crippen molar-refractivity contribution in [2.75, 3.05) is 6.26 Å². The molecule has 0 heterocycles. The molecule has 0 aliphatic heterocycles. The highest BCUT2D eigenvalue weighted by Gasteiger charge is 2.34. The van der Waals surface area contributed by atoms with Crippen LogP contribution in [-0.4, -0.2) is 23.1 Å². The molecule has 0 spiro atoms. The fraction of sp³-hybridized carbons (Fsp3) is 0.333. The van der Waals surface area contributed by atoms with Crippen molar-refractivity contribution in [1.82, 2.24) is 0 Å². The minimum absolute atomic E-state index is 0.0624. The van der Waals surface area contributed by atoms with Gasteiger partial charge in [0.1, 0.15) is 0 Å². The first-order valence-electron chi connectivity index (χ1n) is 6.19. The van der Waals surface area contributed by atoms with E-state index in [-0.39, 0.29) is 5.78 Å². The molecule has 0 amide bonds. The molecule has 0 bridgehead atoms. The van der Waals surface area contributed by atoms with Gasteiger partial charge in [-0.3, -0.25) is 9.59 Å². The topological polar surface area (TPSA) is 54.4 Å². The van der Waals surface area contributed by atoms with E-state index in [0.717, 1.165) is 4.90 Å². The van der Waals surface area contributed by atoms with Crippen molar-refractivity contribution in [1.29, 1.82) is 0 Å². The van der Waals surface area contributed by atoms with Gasteiger partial charge in [-0.25, -0.2) is 0 Å². The molecule has 3 nitrogen and oxygen atoms in total. The van der Waals surface area contributed by atoms with Crippen LogP contribution in [0.1, 0.15) is 23.2 Å². The van der Waals surface area contributed by atoms with Gasteiger partial charge in [0, 0.05) is 16.4 Å². The van der Waals surface area contributed by atoms with Crippen LogP contribution in [0.2, 0.25) is 0 Å². The highest BCUT2D eigenvalue weighted by atomic mass is 32.2. The average Bonchev–Trinajstić information content (AvgIpc) is 2.46. The van der Waals surface area contributed by atoms with Gasteiger partial charge in [0.2, 0.25) is 0 Å². The number of aliphatic carboxylic acids is 1. The third kappa shape index (κ3) is 3.07. The Kier molecular flexibility index (Phi) is 4.43. The maximum atomic E-state index is 12.5. The van der Waals surface area contributed by atoms with E-state index in [0.29, 0.717) is 18.4 Å². The molecule has 0 saturated carbocycles. The number of hydrogen-bond donors (Lipinski definition) is 1. The number of carbonyl (C=O) groups excluding carboxylic acids is 1. The predicted molar refractivity (Wildman–Crippen MR) is 75.5 cm³/mol. The lowest BCUT2D eigenvalue weighted by Crippen LogP contribution is -2.31. The summed E-state index contributed by atoms with van der Waals surface area (Å²) >= 11 is 1.57. The van der Waals surface area contributed by atoms with Crippen LogP contribution in [0.15, 0.2) is 41.3 Å². The van der Waals surface area contributed by atoms with E-state index in [1.165, 1.54) is 0 Å². The second-order valence-corrected chi connectivity index (χ2v) is 5.47. The van der Waals surface area contributed by atoms with Crippen LogP contribution in [0, 0.1) is 11.8 Å². The van der Waals surface area contributed by atoms with E-state index in [1.54, 1.807) is 17.8 Å². The van der Waals surface area contributed by atoms with Gasteiger partial charge in [-0.1, -0.05) is 24.3 Å². The molecule has 0 saturated heterocycles. The summed E-state index contributed by atoms with van der Waals surface area (Å²) < 4.78 is 0. The van der Waals surface area contributed by atoms with Crippen LogP contribution < -0.4 is 0 Å². The van der Waals surface area contributed by atoms with Crippen molar-refractivity contribution in [3.63, 3.8) is 0 Å². The fourth-order valence-electron chi connectivity index (χ4n) is 2.37. The normalized spacial score (nSPS) is 22.2. The Hall–Kier alpha value is -1.55. The molecular formula is C15H16O3S. The Morgan fingerprint density at radius 2 is 1.89 bits per heavy atom. The highest BCUT2D eigenvalue weighted by Crippen LogP contribution is 2.30. The van der Waals surface area contributed by atoms with Crippen LogP contribution in [0.25, 0.3) is 0 Å². The van der Waals surface area contributed by atoms with Crippen LogP contribution in [0.4, 0.5) is 0 Å². The zero-order chi connectivity index (χ0) is 13.8. The van der Waals surface area contributed by atoms with E-state index >= 15 is 0 Å². The lowest BCUT2D eigenvalue weighted by molar-refractivity contribution is -0.143. The van der Waals surface area contributed by atoms with Crippen molar-refractivity contribution in [3.8, 4) is 0 Å². The Bertz CT molecular complexity index is 522. The Morgan fingerprint density at radius 3 is 2.53 bits per heavy atom. The third-order valence-corrected chi connectivity index (χ3v) is 4.17. The standard InChI is InChI=1S/C15H16O3S/c1-19-11-6-4-5-10(9-11)14(16)12-7-2-3-8-13(12)15(17)18/h2-6,9,12-13H,7-8H2,1H3,(H,17,18). The lowest BCUT2D eigenvalue weighted by atomic mass is 9.78. The second-order valence-electron chi connectivity index (χ2n) is 4.59. The van der Waals surface area contributed by atoms with Gasteiger partial charge in [0.15, 0.2) is 5.78 Å². The SMILES string of the molecule is CSc1cccc(C(=O)C2CC=CCC2C(=O)O)c1. The van der Waals surface area contributed by atoms with Crippen LogP contribution in [0.3, 0.4) is 0 Å². The maximum Gasteiger partial charge on any atom is 0.307 e. The Morgan fingerprint density at radius 1 is 1.21 bits per heavy atom. The number of ketones is 1. The molecule has 100 valence electrons. The molecular weight excluding hydrogens is 260 g/mol. The molecule has 1 aromatic carbocycles. The first-order valence-corrected chi connectivity index (χ1v) is 7.42. The van der Waals surface area contributed by atoms with Crippen molar-refractivity contribution in [2.24, 2.45) is 11.8 Å².